The summed E-state index contributed by atoms with van der Waals surface area (Å²) < 4.78 is 0. The smallest absolute Gasteiger partial charge is 0.224 e. The van der Waals surface area contributed by atoms with Crippen molar-refractivity contribution in [3.05, 3.63) is 0 Å². The van der Waals surface area contributed by atoms with E-state index in [1.165, 1.54) is 6.42 Å². The maximum absolute atomic E-state index is 12.1. The van der Waals surface area contributed by atoms with Crippen molar-refractivity contribution >= 4 is 5.91 Å². The second-order valence-corrected chi connectivity index (χ2v) is 5.20. The first kappa shape index (κ1) is 11.9. The van der Waals surface area contributed by atoms with Gasteiger partial charge >= 0.3 is 0 Å². The van der Waals surface area contributed by atoms with E-state index in [1.54, 1.807) is 0 Å². The molecule has 2 aliphatic rings. The van der Waals surface area contributed by atoms with Crippen molar-refractivity contribution in [1.82, 2.24) is 15.1 Å². The SMILES string of the molecule is CC1CN(C)CCN1C(=O)CC1CCCN1. The molecule has 2 unspecified atom stereocenters. The number of amides is 1. The highest BCUT2D eigenvalue weighted by molar-refractivity contribution is 5.77. The van der Waals surface area contributed by atoms with Crippen LogP contribution in [0.4, 0.5) is 0 Å². The molecule has 0 aliphatic carbocycles. The lowest BCUT2D eigenvalue weighted by molar-refractivity contribution is -0.135. The zero-order chi connectivity index (χ0) is 11.5. The molecule has 4 nitrogen and oxygen atoms in total. The molecule has 0 aromatic rings. The van der Waals surface area contributed by atoms with Gasteiger partial charge in [-0.05, 0) is 33.4 Å². The molecule has 16 heavy (non-hydrogen) atoms. The van der Waals surface area contributed by atoms with E-state index in [2.05, 4.69) is 29.1 Å². The van der Waals surface area contributed by atoms with E-state index in [1.807, 2.05) is 0 Å². The summed E-state index contributed by atoms with van der Waals surface area (Å²) in [6.45, 7) is 6.13. The van der Waals surface area contributed by atoms with Crippen LogP contribution in [0, 0.1) is 0 Å². The molecule has 4 heteroatoms. The number of rotatable bonds is 2. The third-order valence-electron chi connectivity index (χ3n) is 3.73. The Morgan fingerprint density at radius 2 is 2.25 bits per heavy atom. The van der Waals surface area contributed by atoms with Crippen molar-refractivity contribution in [3.8, 4) is 0 Å². The Bertz CT molecular complexity index is 251. The minimum Gasteiger partial charge on any atom is -0.337 e. The lowest BCUT2D eigenvalue weighted by Gasteiger charge is -2.38. The molecule has 0 bridgehead atoms. The summed E-state index contributed by atoms with van der Waals surface area (Å²) in [4.78, 5) is 16.5. The molecule has 2 fully saturated rings. The normalized spacial score (nSPS) is 32.0. The van der Waals surface area contributed by atoms with Crippen LogP contribution in [0.1, 0.15) is 26.2 Å². The van der Waals surface area contributed by atoms with E-state index >= 15 is 0 Å². The Kier molecular flexibility index (Phi) is 3.82. The lowest BCUT2D eigenvalue weighted by Crippen LogP contribution is -2.53. The highest BCUT2D eigenvalue weighted by Crippen LogP contribution is 2.14. The van der Waals surface area contributed by atoms with Gasteiger partial charge in [-0.2, -0.15) is 0 Å². The van der Waals surface area contributed by atoms with E-state index in [-0.39, 0.29) is 0 Å². The summed E-state index contributed by atoms with van der Waals surface area (Å²) in [6.07, 6.45) is 3.07. The topological polar surface area (TPSA) is 35.6 Å². The number of nitrogens with zero attached hydrogens (tertiary/aromatic N) is 2. The van der Waals surface area contributed by atoms with Crippen LogP contribution in [0.25, 0.3) is 0 Å². The minimum absolute atomic E-state index is 0.333. The van der Waals surface area contributed by atoms with Crippen LogP contribution in [0.2, 0.25) is 0 Å². The van der Waals surface area contributed by atoms with Crippen molar-refractivity contribution in [2.75, 3.05) is 33.2 Å². The molecule has 2 saturated heterocycles. The number of carbonyl (C=O) groups excluding carboxylic acids is 1. The largest absolute Gasteiger partial charge is 0.337 e. The minimum atomic E-state index is 0.333. The Labute approximate surface area is 98.0 Å². The van der Waals surface area contributed by atoms with E-state index in [4.69, 9.17) is 0 Å². The second-order valence-electron chi connectivity index (χ2n) is 5.20. The molecule has 0 aromatic carbocycles. The first-order valence-electron chi connectivity index (χ1n) is 6.38. The highest BCUT2D eigenvalue weighted by atomic mass is 16.2. The number of hydrogen-bond donors (Lipinski definition) is 1. The second kappa shape index (κ2) is 5.15. The molecule has 1 amide bonds. The molecule has 1 N–H and O–H groups in total. The zero-order valence-electron chi connectivity index (χ0n) is 10.4. The first-order valence-corrected chi connectivity index (χ1v) is 6.38. The monoisotopic (exact) mass is 225 g/mol. The molecule has 2 heterocycles. The Morgan fingerprint density at radius 3 is 2.88 bits per heavy atom. The van der Waals surface area contributed by atoms with Gasteiger partial charge in [0.15, 0.2) is 0 Å². The Hall–Kier alpha value is -0.610. The summed E-state index contributed by atoms with van der Waals surface area (Å²) in [5, 5.41) is 3.39. The standard InChI is InChI=1S/C12H23N3O/c1-10-9-14(2)6-7-15(10)12(16)8-11-4-3-5-13-11/h10-11,13H,3-9H2,1-2H3. The van der Waals surface area contributed by atoms with E-state index < -0.39 is 0 Å². The van der Waals surface area contributed by atoms with Gasteiger partial charge in [-0.15, -0.1) is 0 Å². The zero-order valence-corrected chi connectivity index (χ0v) is 10.4. The van der Waals surface area contributed by atoms with Gasteiger partial charge in [0.25, 0.3) is 0 Å². The Balaban J connectivity index is 1.83. The number of nitrogens with one attached hydrogen (secondary N) is 1. The van der Waals surface area contributed by atoms with Crippen LogP contribution in [-0.2, 0) is 4.79 Å². The average molecular weight is 225 g/mol. The van der Waals surface area contributed by atoms with Crippen LogP contribution in [0.5, 0.6) is 0 Å². The van der Waals surface area contributed by atoms with E-state index in [9.17, 15) is 4.79 Å². The number of hydrogen-bond acceptors (Lipinski definition) is 3. The molecule has 92 valence electrons. The van der Waals surface area contributed by atoms with Crippen LogP contribution in [0.3, 0.4) is 0 Å². The third kappa shape index (κ3) is 2.74. The molecule has 0 saturated carbocycles. The first-order chi connectivity index (χ1) is 7.66. The van der Waals surface area contributed by atoms with Crippen molar-refractivity contribution in [2.45, 2.75) is 38.3 Å². The summed E-state index contributed by atoms with van der Waals surface area (Å²) in [7, 11) is 2.12. The van der Waals surface area contributed by atoms with Gasteiger partial charge in [-0.3, -0.25) is 4.79 Å². The average Bonchev–Trinajstić information content (AvgIpc) is 2.70. The maximum atomic E-state index is 12.1. The summed E-state index contributed by atoms with van der Waals surface area (Å²) in [5.74, 6) is 0.333. The van der Waals surface area contributed by atoms with Gasteiger partial charge in [-0.1, -0.05) is 0 Å². The highest BCUT2D eigenvalue weighted by Gasteiger charge is 2.27. The van der Waals surface area contributed by atoms with E-state index in [0.717, 1.165) is 32.6 Å². The summed E-state index contributed by atoms with van der Waals surface area (Å²) in [6, 6.07) is 0.798. The molecule has 0 aromatic heterocycles. The molecular formula is C12H23N3O. The number of piperazine rings is 1. The van der Waals surface area contributed by atoms with Crippen LogP contribution in [-0.4, -0.2) is 61.0 Å². The fourth-order valence-corrected chi connectivity index (χ4v) is 2.77. The van der Waals surface area contributed by atoms with Crippen LogP contribution >= 0.6 is 0 Å². The van der Waals surface area contributed by atoms with Crippen molar-refractivity contribution in [3.63, 3.8) is 0 Å². The van der Waals surface area contributed by atoms with Crippen molar-refractivity contribution in [2.24, 2.45) is 0 Å². The van der Waals surface area contributed by atoms with Gasteiger partial charge in [0.05, 0.1) is 0 Å². The summed E-state index contributed by atoms with van der Waals surface area (Å²) in [5.41, 5.74) is 0. The molecule has 0 radical (unpaired) electrons. The van der Waals surface area contributed by atoms with Crippen LogP contribution < -0.4 is 5.32 Å². The van der Waals surface area contributed by atoms with Crippen LogP contribution in [0.15, 0.2) is 0 Å². The summed E-state index contributed by atoms with van der Waals surface area (Å²) >= 11 is 0. The van der Waals surface area contributed by atoms with Gasteiger partial charge < -0.3 is 15.1 Å². The molecule has 2 aliphatic heterocycles. The molecule has 0 spiro atoms. The molecule has 2 atom stereocenters. The fourth-order valence-electron chi connectivity index (χ4n) is 2.77. The van der Waals surface area contributed by atoms with Gasteiger partial charge in [0.1, 0.15) is 0 Å². The predicted molar refractivity (Wildman–Crippen MR) is 64.3 cm³/mol. The predicted octanol–water partition coefficient (Wildman–Crippen LogP) is 0.291. The van der Waals surface area contributed by atoms with Crippen molar-refractivity contribution in [1.29, 1.82) is 0 Å². The molecule has 2 rings (SSSR count). The van der Waals surface area contributed by atoms with Gasteiger partial charge in [0, 0.05) is 38.1 Å². The number of likely N-dealkylation sites (N-methyl/N-ethyl adjacent to an activating group) is 1. The van der Waals surface area contributed by atoms with Crippen molar-refractivity contribution < 1.29 is 4.79 Å². The quantitative estimate of drug-likeness (QED) is 0.734. The van der Waals surface area contributed by atoms with Gasteiger partial charge in [0.2, 0.25) is 5.91 Å². The lowest BCUT2D eigenvalue weighted by atomic mass is 10.1. The Morgan fingerprint density at radius 1 is 1.44 bits per heavy atom. The number of carbonyl (C=O) groups is 1. The third-order valence-corrected chi connectivity index (χ3v) is 3.73. The van der Waals surface area contributed by atoms with Gasteiger partial charge in [-0.25, -0.2) is 0 Å². The molecular weight excluding hydrogens is 202 g/mol. The fraction of sp³-hybridized carbons (Fsp3) is 0.917. The maximum Gasteiger partial charge on any atom is 0.224 e. The van der Waals surface area contributed by atoms with E-state index in [0.29, 0.717) is 24.4 Å².